The van der Waals surface area contributed by atoms with Gasteiger partial charge in [0.05, 0.1) is 4.90 Å². The molecule has 1 aromatic carbocycles. The maximum atomic E-state index is 12.3. The van der Waals surface area contributed by atoms with E-state index in [9.17, 15) is 8.42 Å². The summed E-state index contributed by atoms with van der Waals surface area (Å²) in [5.41, 5.74) is 1.70. The molecule has 0 saturated carbocycles. The van der Waals surface area contributed by atoms with Gasteiger partial charge in [-0.05, 0) is 36.2 Å². The number of nitrogens with zero attached hydrogens (tertiary/aromatic N) is 1. The molecule has 0 spiro atoms. The van der Waals surface area contributed by atoms with Crippen molar-refractivity contribution in [2.45, 2.75) is 17.9 Å². The highest BCUT2D eigenvalue weighted by atomic mass is 32.2. The van der Waals surface area contributed by atoms with E-state index in [1.807, 2.05) is 6.07 Å². The van der Waals surface area contributed by atoms with Gasteiger partial charge >= 0.3 is 0 Å². The van der Waals surface area contributed by atoms with E-state index < -0.39 is 10.0 Å². The molecule has 20 heavy (non-hydrogen) atoms. The van der Waals surface area contributed by atoms with Crippen molar-refractivity contribution in [3.8, 4) is 0 Å². The molecule has 0 fully saturated rings. The van der Waals surface area contributed by atoms with Gasteiger partial charge in [0.1, 0.15) is 0 Å². The molecule has 4 nitrogen and oxygen atoms in total. The fourth-order valence-electron chi connectivity index (χ4n) is 1.78. The van der Waals surface area contributed by atoms with Crippen LogP contribution in [0.5, 0.6) is 0 Å². The maximum absolute atomic E-state index is 12.3. The van der Waals surface area contributed by atoms with E-state index in [2.05, 4.69) is 16.3 Å². The smallest absolute Gasteiger partial charge is 0.241 e. The van der Waals surface area contributed by atoms with Crippen molar-refractivity contribution in [1.82, 2.24) is 9.71 Å². The molecule has 0 bridgehead atoms. The Balaban J connectivity index is 2.20. The lowest BCUT2D eigenvalue weighted by Crippen LogP contribution is -2.26. The average molecular weight is 288 g/mol. The van der Waals surface area contributed by atoms with Crippen LogP contribution in [0.3, 0.4) is 0 Å². The van der Waals surface area contributed by atoms with E-state index in [1.165, 1.54) is 0 Å². The Morgan fingerprint density at radius 2 is 1.95 bits per heavy atom. The highest BCUT2D eigenvalue weighted by Crippen LogP contribution is 2.16. The number of pyridine rings is 1. The summed E-state index contributed by atoms with van der Waals surface area (Å²) in [7, 11) is -3.54. The zero-order valence-electron chi connectivity index (χ0n) is 11.2. The molecule has 104 valence electrons. The molecule has 2 rings (SSSR count). The van der Waals surface area contributed by atoms with Crippen molar-refractivity contribution in [2.24, 2.45) is 0 Å². The molecule has 0 saturated heterocycles. The predicted octanol–water partition coefficient (Wildman–Crippen LogP) is 2.76. The minimum Gasteiger partial charge on any atom is -0.264 e. The summed E-state index contributed by atoms with van der Waals surface area (Å²) >= 11 is 0. The van der Waals surface area contributed by atoms with Crippen LogP contribution in [0, 0.1) is 0 Å². The molecule has 0 aliphatic rings. The van der Waals surface area contributed by atoms with E-state index in [1.54, 1.807) is 55.7 Å². The normalized spacial score (nSPS) is 12.8. The van der Waals surface area contributed by atoms with Gasteiger partial charge < -0.3 is 0 Å². The summed E-state index contributed by atoms with van der Waals surface area (Å²) in [6.07, 6.45) is 4.97. The van der Waals surface area contributed by atoms with Gasteiger partial charge in [-0.15, -0.1) is 0 Å². The number of hydrogen-bond acceptors (Lipinski definition) is 3. The van der Waals surface area contributed by atoms with Crippen molar-refractivity contribution in [3.63, 3.8) is 0 Å². The van der Waals surface area contributed by atoms with Crippen LogP contribution in [0.25, 0.3) is 6.08 Å². The SMILES string of the molecule is C=Cc1ccc(S(=O)(=O)N[C@H](C)c2cccnc2)cc1. The topological polar surface area (TPSA) is 59.1 Å². The molecule has 2 aromatic rings. The summed E-state index contributed by atoms with van der Waals surface area (Å²) < 4.78 is 27.1. The number of sulfonamides is 1. The maximum Gasteiger partial charge on any atom is 0.241 e. The molecule has 1 N–H and O–H groups in total. The third-order valence-electron chi connectivity index (χ3n) is 2.94. The van der Waals surface area contributed by atoms with Crippen molar-refractivity contribution in [2.75, 3.05) is 0 Å². The average Bonchev–Trinajstić information content (AvgIpc) is 2.48. The van der Waals surface area contributed by atoms with E-state index in [4.69, 9.17) is 0 Å². The largest absolute Gasteiger partial charge is 0.264 e. The second-order valence-electron chi connectivity index (χ2n) is 4.40. The van der Waals surface area contributed by atoms with Gasteiger partial charge in [0.2, 0.25) is 10.0 Å². The van der Waals surface area contributed by atoms with Crippen LogP contribution < -0.4 is 4.72 Å². The Morgan fingerprint density at radius 3 is 2.50 bits per heavy atom. The number of aromatic nitrogens is 1. The third-order valence-corrected chi connectivity index (χ3v) is 4.50. The first-order valence-electron chi connectivity index (χ1n) is 6.17. The summed E-state index contributed by atoms with van der Waals surface area (Å²) in [5, 5.41) is 0. The zero-order chi connectivity index (χ0) is 14.6. The standard InChI is InChI=1S/C15H16N2O2S/c1-3-13-6-8-15(9-7-13)20(18,19)17-12(2)14-5-4-10-16-11-14/h3-12,17H,1H2,2H3/t12-/m1/s1. The lowest BCUT2D eigenvalue weighted by molar-refractivity contribution is 0.566. The van der Waals surface area contributed by atoms with Crippen molar-refractivity contribution in [1.29, 1.82) is 0 Å². The van der Waals surface area contributed by atoms with Crippen LogP contribution in [0.1, 0.15) is 24.1 Å². The van der Waals surface area contributed by atoms with Crippen LogP contribution in [-0.4, -0.2) is 13.4 Å². The van der Waals surface area contributed by atoms with Crippen LogP contribution in [0.4, 0.5) is 0 Å². The zero-order valence-corrected chi connectivity index (χ0v) is 12.0. The summed E-state index contributed by atoms with van der Waals surface area (Å²) in [5.74, 6) is 0. The molecule has 5 heteroatoms. The Kier molecular flexibility index (Phi) is 4.32. The van der Waals surface area contributed by atoms with E-state index in [0.717, 1.165) is 11.1 Å². The fourth-order valence-corrected chi connectivity index (χ4v) is 3.02. The summed E-state index contributed by atoms with van der Waals surface area (Å²) in [6.45, 7) is 5.42. The second kappa shape index (κ2) is 5.98. The second-order valence-corrected chi connectivity index (χ2v) is 6.12. The van der Waals surface area contributed by atoms with Crippen LogP contribution in [-0.2, 0) is 10.0 Å². The Labute approximate surface area is 119 Å². The minimum absolute atomic E-state index is 0.235. The van der Waals surface area contributed by atoms with Gasteiger partial charge in [-0.3, -0.25) is 4.98 Å². The number of benzene rings is 1. The van der Waals surface area contributed by atoms with Crippen molar-refractivity contribution in [3.05, 3.63) is 66.5 Å². The first kappa shape index (κ1) is 14.4. The number of hydrogen-bond donors (Lipinski definition) is 1. The highest BCUT2D eigenvalue weighted by Gasteiger charge is 2.18. The summed E-state index contributed by atoms with van der Waals surface area (Å²) in [6, 6.07) is 9.84. The monoisotopic (exact) mass is 288 g/mol. The van der Waals surface area contributed by atoms with Crippen molar-refractivity contribution >= 4 is 16.1 Å². The molecule has 0 aliphatic carbocycles. The van der Waals surface area contributed by atoms with Gasteiger partial charge in [-0.1, -0.05) is 30.9 Å². The van der Waals surface area contributed by atoms with E-state index in [0.29, 0.717) is 0 Å². The quantitative estimate of drug-likeness (QED) is 0.920. The Bertz CT molecular complexity index is 680. The first-order chi connectivity index (χ1) is 9.53. The molecule has 1 heterocycles. The van der Waals surface area contributed by atoms with Crippen LogP contribution >= 0.6 is 0 Å². The van der Waals surface area contributed by atoms with Gasteiger partial charge in [-0.2, -0.15) is 0 Å². The van der Waals surface area contributed by atoms with Gasteiger partial charge in [0.25, 0.3) is 0 Å². The molecule has 1 aromatic heterocycles. The highest BCUT2D eigenvalue weighted by molar-refractivity contribution is 7.89. The van der Waals surface area contributed by atoms with Crippen LogP contribution in [0.2, 0.25) is 0 Å². The fraction of sp³-hybridized carbons (Fsp3) is 0.133. The summed E-state index contributed by atoms with van der Waals surface area (Å²) in [4.78, 5) is 4.22. The molecule has 0 unspecified atom stereocenters. The third kappa shape index (κ3) is 3.31. The van der Waals surface area contributed by atoms with E-state index >= 15 is 0 Å². The Morgan fingerprint density at radius 1 is 1.25 bits per heavy atom. The van der Waals surface area contributed by atoms with Crippen molar-refractivity contribution < 1.29 is 8.42 Å². The van der Waals surface area contributed by atoms with E-state index in [-0.39, 0.29) is 10.9 Å². The number of rotatable bonds is 5. The predicted molar refractivity (Wildman–Crippen MR) is 79.5 cm³/mol. The van der Waals surface area contributed by atoms with Crippen LogP contribution in [0.15, 0.2) is 60.3 Å². The lowest BCUT2D eigenvalue weighted by Gasteiger charge is -2.14. The minimum atomic E-state index is -3.54. The van der Waals surface area contributed by atoms with Gasteiger partial charge in [0, 0.05) is 18.4 Å². The lowest BCUT2D eigenvalue weighted by atomic mass is 10.2. The molecule has 0 amide bonds. The molecular weight excluding hydrogens is 272 g/mol. The molecule has 0 radical (unpaired) electrons. The molecule has 0 aliphatic heterocycles. The van der Waals surface area contributed by atoms with Gasteiger partial charge in [-0.25, -0.2) is 13.1 Å². The number of nitrogens with one attached hydrogen (secondary N) is 1. The van der Waals surface area contributed by atoms with Gasteiger partial charge in [0.15, 0.2) is 0 Å². The first-order valence-corrected chi connectivity index (χ1v) is 7.66. The molecule has 1 atom stereocenters. The molecular formula is C15H16N2O2S. The Hall–Kier alpha value is -1.98.